The molecule has 0 heterocycles. The molecule has 1 N–H and O–H groups in total. The molecule has 2 radical (unpaired) electrons. The Morgan fingerprint density at radius 1 is 1.62 bits per heavy atom. The minimum Gasteiger partial charge on any atom is -0.208 e. The van der Waals surface area contributed by atoms with Crippen LogP contribution in [0.15, 0.2) is 11.5 Å². The van der Waals surface area contributed by atoms with Gasteiger partial charge < -0.3 is 0 Å². The maximum Gasteiger partial charge on any atom is 0.233 e. The van der Waals surface area contributed by atoms with Crippen LogP contribution in [-0.4, -0.2) is 8.42 Å². The van der Waals surface area contributed by atoms with E-state index >= 15 is 0 Å². The molecule has 0 atom stereocenters. The second-order valence-corrected chi connectivity index (χ2v) is 2.73. The second-order valence-electron chi connectivity index (χ2n) is 1.13. The van der Waals surface area contributed by atoms with Gasteiger partial charge in [0.15, 0.2) is 0 Å². The van der Waals surface area contributed by atoms with Gasteiger partial charge in [0.25, 0.3) is 0 Å². The third-order valence-electron chi connectivity index (χ3n) is 0.480. The van der Waals surface area contributed by atoms with Crippen molar-refractivity contribution >= 4 is 10.0 Å². The molecule has 4 heteroatoms. The number of hydrogen-bond acceptors (Lipinski definition) is 2. The lowest BCUT2D eigenvalue weighted by Gasteiger charge is -1.88. The van der Waals surface area contributed by atoms with Crippen molar-refractivity contribution in [3.05, 3.63) is 18.5 Å². The Kier molecular flexibility index (Phi) is 2.71. The average Bonchev–Trinajstić information content (AvgIpc) is 1.67. The van der Waals surface area contributed by atoms with E-state index in [1.165, 1.54) is 6.08 Å². The molecule has 0 spiro atoms. The summed E-state index contributed by atoms with van der Waals surface area (Å²) in [6.45, 7) is 1.59. The maximum absolute atomic E-state index is 10.3. The highest BCUT2D eigenvalue weighted by Gasteiger charge is 1.95. The fourth-order valence-corrected chi connectivity index (χ4v) is 0.655. The zero-order chi connectivity index (χ0) is 6.62. The van der Waals surface area contributed by atoms with Gasteiger partial charge in [-0.2, -0.15) is 0 Å². The molecule has 0 bridgehead atoms. The van der Waals surface area contributed by atoms with Gasteiger partial charge in [-0.1, -0.05) is 6.08 Å². The molecule has 0 aromatic rings. The molecule has 0 unspecified atom stereocenters. The Morgan fingerprint density at radius 2 is 2.12 bits per heavy atom. The molecule has 0 saturated heterocycles. The Balaban J connectivity index is 4.17. The topological polar surface area (TPSA) is 46.2 Å². The van der Waals surface area contributed by atoms with Gasteiger partial charge in [-0.25, -0.2) is 13.1 Å². The van der Waals surface area contributed by atoms with Gasteiger partial charge >= 0.3 is 0 Å². The molecule has 0 aliphatic heterocycles. The molecule has 0 rings (SSSR count). The molecule has 0 fully saturated rings. The van der Waals surface area contributed by atoms with Crippen LogP contribution in [-0.2, 0) is 10.0 Å². The standard InChI is InChI=1S/C4H7NO2S/c1-3-4-8(6,7)5-2/h2-5H,1H3/b4-3+. The summed E-state index contributed by atoms with van der Waals surface area (Å²) in [6, 6.07) is 0. The van der Waals surface area contributed by atoms with Gasteiger partial charge in [0.2, 0.25) is 10.0 Å². The summed E-state index contributed by atoms with van der Waals surface area (Å²) in [5, 5.41) is 0.979. The molecule has 0 amide bonds. The van der Waals surface area contributed by atoms with E-state index in [0.29, 0.717) is 0 Å². The first-order valence-corrected chi connectivity index (χ1v) is 3.52. The molecular formula is C4H7NO2S. The van der Waals surface area contributed by atoms with E-state index in [2.05, 4.69) is 7.05 Å². The maximum atomic E-state index is 10.3. The Morgan fingerprint density at radius 3 is 2.25 bits per heavy atom. The largest absolute Gasteiger partial charge is 0.233 e. The van der Waals surface area contributed by atoms with E-state index in [1.54, 1.807) is 11.6 Å². The van der Waals surface area contributed by atoms with Crippen LogP contribution in [0, 0.1) is 7.05 Å². The van der Waals surface area contributed by atoms with Crippen LogP contribution >= 0.6 is 0 Å². The summed E-state index contributed by atoms with van der Waals surface area (Å²) >= 11 is 0. The van der Waals surface area contributed by atoms with Crippen LogP contribution in [0.5, 0.6) is 0 Å². The first-order valence-electron chi connectivity index (χ1n) is 1.97. The van der Waals surface area contributed by atoms with Crippen LogP contribution in [0.4, 0.5) is 0 Å². The van der Waals surface area contributed by atoms with Crippen molar-refractivity contribution in [1.29, 1.82) is 0 Å². The SMILES string of the molecule is [CH]NS(=O)(=O)/C=C/C. The van der Waals surface area contributed by atoms with E-state index in [-0.39, 0.29) is 0 Å². The van der Waals surface area contributed by atoms with E-state index in [1.807, 2.05) is 0 Å². The second kappa shape index (κ2) is 2.84. The lowest BCUT2D eigenvalue weighted by atomic mass is 10.8. The van der Waals surface area contributed by atoms with Crippen LogP contribution in [0.1, 0.15) is 6.92 Å². The van der Waals surface area contributed by atoms with Crippen LogP contribution in [0.25, 0.3) is 0 Å². The zero-order valence-corrected chi connectivity index (χ0v) is 5.27. The van der Waals surface area contributed by atoms with E-state index < -0.39 is 10.0 Å². The quantitative estimate of drug-likeness (QED) is 0.543. The number of hydrogen-bond donors (Lipinski definition) is 1. The van der Waals surface area contributed by atoms with Crippen molar-refractivity contribution in [3.8, 4) is 0 Å². The van der Waals surface area contributed by atoms with Gasteiger partial charge in [-0.3, -0.25) is 0 Å². The molecule has 3 nitrogen and oxygen atoms in total. The van der Waals surface area contributed by atoms with Crippen molar-refractivity contribution in [2.75, 3.05) is 0 Å². The average molecular weight is 133 g/mol. The summed E-state index contributed by atoms with van der Waals surface area (Å²) < 4.78 is 22.2. The molecule has 0 saturated carbocycles. The van der Waals surface area contributed by atoms with Crippen molar-refractivity contribution in [1.82, 2.24) is 4.72 Å². The Bertz CT molecular complexity index is 168. The fraction of sp³-hybridized carbons (Fsp3) is 0.250. The lowest BCUT2D eigenvalue weighted by Crippen LogP contribution is -2.11. The Labute approximate surface area is 49.5 Å². The molecule has 0 aliphatic rings. The number of sulfonamides is 1. The van der Waals surface area contributed by atoms with Crippen molar-refractivity contribution in [2.45, 2.75) is 6.92 Å². The van der Waals surface area contributed by atoms with E-state index in [0.717, 1.165) is 5.41 Å². The number of allylic oxidation sites excluding steroid dienone is 1. The predicted molar refractivity (Wildman–Crippen MR) is 31.2 cm³/mol. The molecule has 0 aliphatic carbocycles. The highest BCUT2D eigenvalue weighted by Crippen LogP contribution is 1.82. The highest BCUT2D eigenvalue weighted by atomic mass is 32.2. The highest BCUT2D eigenvalue weighted by molar-refractivity contribution is 7.92. The smallest absolute Gasteiger partial charge is 0.208 e. The van der Waals surface area contributed by atoms with Gasteiger partial charge in [0, 0.05) is 5.41 Å². The minimum absolute atomic E-state index is 0.979. The van der Waals surface area contributed by atoms with E-state index in [9.17, 15) is 8.42 Å². The fourth-order valence-electron chi connectivity index (χ4n) is 0.218. The zero-order valence-electron chi connectivity index (χ0n) is 4.46. The molecule has 46 valence electrons. The molecule has 8 heavy (non-hydrogen) atoms. The number of nitrogens with one attached hydrogen (secondary N) is 1. The summed E-state index contributed by atoms with van der Waals surface area (Å²) in [5.74, 6) is 0. The molecular weight excluding hydrogens is 126 g/mol. The Hall–Kier alpha value is -0.350. The summed E-state index contributed by atoms with van der Waals surface area (Å²) in [4.78, 5) is 0. The summed E-state index contributed by atoms with van der Waals surface area (Å²) in [6.07, 6.45) is 1.38. The van der Waals surface area contributed by atoms with Gasteiger partial charge in [0.1, 0.15) is 0 Å². The van der Waals surface area contributed by atoms with E-state index in [4.69, 9.17) is 0 Å². The summed E-state index contributed by atoms with van der Waals surface area (Å²) in [5.41, 5.74) is 0. The third-order valence-corrected chi connectivity index (χ3v) is 1.44. The summed E-state index contributed by atoms with van der Waals surface area (Å²) in [7, 11) is 1.28. The monoisotopic (exact) mass is 133 g/mol. The van der Waals surface area contributed by atoms with Gasteiger partial charge in [-0.15, -0.1) is 0 Å². The van der Waals surface area contributed by atoms with Crippen LogP contribution < -0.4 is 4.72 Å². The van der Waals surface area contributed by atoms with Crippen molar-refractivity contribution < 1.29 is 8.42 Å². The van der Waals surface area contributed by atoms with Gasteiger partial charge in [0.05, 0.1) is 7.05 Å². The molecule has 0 aromatic carbocycles. The third kappa shape index (κ3) is 2.76. The van der Waals surface area contributed by atoms with Crippen molar-refractivity contribution in [3.63, 3.8) is 0 Å². The normalized spacial score (nSPS) is 12.8. The van der Waals surface area contributed by atoms with Crippen LogP contribution in [0.2, 0.25) is 0 Å². The first-order chi connectivity index (χ1) is 3.62. The van der Waals surface area contributed by atoms with Crippen LogP contribution in [0.3, 0.4) is 0 Å². The lowest BCUT2D eigenvalue weighted by molar-refractivity contribution is 0.599. The molecule has 0 aromatic heterocycles. The van der Waals surface area contributed by atoms with Crippen molar-refractivity contribution in [2.24, 2.45) is 0 Å². The van der Waals surface area contributed by atoms with Gasteiger partial charge in [-0.05, 0) is 6.92 Å². The first kappa shape index (κ1) is 7.65. The minimum atomic E-state index is -3.32. The number of rotatable bonds is 2. The predicted octanol–water partition coefficient (Wildman–Crippen LogP) is 0.108.